The molecule has 2 aromatic carbocycles. The second-order valence-electron chi connectivity index (χ2n) is 5.03. The molecule has 0 bridgehead atoms. The molecule has 0 saturated carbocycles. The zero-order valence-corrected chi connectivity index (χ0v) is 12.8. The molecule has 0 aliphatic heterocycles. The van der Waals surface area contributed by atoms with Gasteiger partial charge < -0.3 is 4.74 Å². The lowest BCUT2D eigenvalue weighted by Gasteiger charge is -2.17. The van der Waals surface area contributed by atoms with Gasteiger partial charge >= 0.3 is 5.97 Å². The number of aromatic nitrogens is 3. The van der Waals surface area contributed by atoms with Crippen molar-refractivity contribution in [2.45, 2.75) is 13.0 Å². The number of esters is 1. The lowest BCUT2D eigenvalue weighted by molar-refractivity contribution is 0.0519. The molecular formula is C18H17N3O2. The van der Waals surface area contributed by atoms with Crippen LogP contribution < -0.4 is 0 Å². The van der Waals surface area contributed by atoms with Gasteiger partial charge in [-0.15, -0.1) is 5.10 Å². The highest BCUT2D eigenvalue weighted by molar-refractivity contribution is 5.86. The molecule has 0 N–H and O–H groups in total. The van der Waals surface area contributed by atoms with Crippen LogP contribution in [0.3, 0.4) is 0 Å². The van der Waals surface area contributed by atoms with E-state index in [1.807, 2.05) is 60.7 Å². The van der Waals surface area contributed by atoms with Gasteiger partial charge in [-0.2, -0.15) is 0 Å². The Labute approximate surface area is 134 Å². The molecule has 0 aliphatic rings. The fourth-order valence-corrected chi connectivity index (χ4v) is 2.47. The van der Waals surface area contributed by atoms with Gasteiger partial charge in [-0.25, -0.2) is 9.48 Å². The molecule has 5 heteroatoms. The van der Waals surface area contributed by atoms with Gasteiger partial charge in [0.05, 0.1) is 12.8 Å². The first-order valence-electron chi connectivity index (χ1n) is 7.48. The van der Waals surface area contributed by atoms with E-state index < -0.39 is 5.97 Å². The standard InChI is InChI=1S/C18H17N3O2/c1-2-23-18(22)16-13-21(20-19-16)17(14-9-5-3-6-10-14)15-11-7-4-8-12-15/h3-13,17H,2H2,1H3. The summed E-state index contributed by atoms with van der Waals surface area (Å²) in [7, 11) is 0. The lowest BCUT2D eigenvalue weighted by Crippen LogP contribution is -2.13. The van der Waals surface area contributed by atoms with Crippen molar-refractivity contribution >= 4 is 5.97 Å². The van der Waals surface area contributed by atoms with Crippen molar-refractivity contribution < 1.29 is 9.53 Å². The molecule has 0 radical (unpaired) electrons. The van der Waals surface area contributed by atoms with Crippen LogP contribution >= 0.6 is 0 Å². The Morgan fingerprint density at radius 3 is 2.13 bits per heavy atom. The number of rotatable bonds is 5. The molecule has 0 spiro atoms. The topological polar surface area (TPSA) is 57.0 Å². The fraction of sp³-hybridized carbons (Fsp3) is 0.167. The van der Waals surface area contributed by atoms with Gasteiger partial charge in [0, 0.05) is 0 Å². The van der Waals surface area contributed by atoms with Crippen molar-refractivity contribution in [3.05, 3.63) is 83.7 Å². The first kappa shape index (κ1) is 15.0. The Morgan fingerprint density at radius 1 is 1.04 bits per heavy atom. The van der Waals surface area contributed by atoms with Gasteiger partial charge in [0.25, 0.3) is 0 Å². The molecule has 1 heterocycles. The minimum atomic E-state index is -0.460. The highest BCUT2D eigenvalue weighted by Gasteiger charge is 2.20. The Hall–Kier alpha value is -2.95. The maximum absolute atomic E-state index is 11.8. The summed E-state index contributed by atoms with van der Waals surface area (Å²) in [5.74, 6) is -0.460. The van der Waals surface area contributed by atoms with E-state index in [1.54, 1.807) is 17.8 Å². The number of hydrogen-bond acceptors (Lipinski definition) is 4. The van der Waals surface area contributed by atoms with Crippen LogP contribution in [0.2, 0.25) is 0 Å². The highest BCUT2D eigenvalue weighted by atomic mass is 16.5. The first-order valence-corrected chi connectivity index (χ1v) is 7.48. The van der Waals surface area contributed by atoms with Crippen LogP contribution in [0.15, 0.2) is 66.9 Å². The smallest absolute Gasteiger partial charge is 0.360 e. The maximum atomic E-state index is 11.8. The van der Waals surface area contributed by atoms with Gasteiger partial charge in [-0.05, 0) is 18.1 Å². The second kappa shape index (κ2) is 6.87. The van der Waals surface area contributed by atoms with Gasteiger partial charge in [0.2, 0.25) is 0 Å². The van der Waals surface area contributed by atoms with Gasteiger partial charge in [0.1, 0.15) is 6.04 Å². The van der Waals surface area contributed by atoms with E-state index in [-0.39, 0.29) is 11.7 Å². The van der Waals surface area contributed by atoms with Crippen molar-refractivity contribution in [1.29, 1.82) is 0 Å². The fourth-order valence-electron chi connectivity index (χ4n) is 2.47. The van der Waals surface area contributed by atoms with E-state index in [2.05, 4.69) is 10.3 Å². The number of nitrogens with zero attached hydrogens (tertiary/aromatic N) is 3. The van der Waals surface area contributed by atoms with Crippen molar-refractivity contribution in [3.8, 4) is 0 Å². The number of carbonyl (C=O) groups excluding carboxylic acids is 1. The van der Waals surface area contributed by atoms with E-state index in [1.165, 1.54) is 0 Å². The maximum Gasteiger partial charge on any atom is 0.360 e. The van der Waals surface area contributed by atoms with E-state index in [4.69, 9.17) is 4.74 Å². The zero-order chi connectivity index (χ0) is 16.1. The zero-order valence-electron chi connectivity index (χ0n) is 12.8. The van der Waals surface area contributed by atoms with Crippen molar-refractivity contribution in [2.75, 3.05) is 6.61 Å². The molecule has 0 atom stereocenters. The number of ether oxygens (including phenoxy) is 1. The van der Waals surface area contributed by atoms with Crippen LogP contribution in [0.5, 0.6) is 0 Å². The molecule has 23 heavy (non-hydrogen) atoms. The van der Waals surface area contributed by atoms with Crippen molar-refractivity contribution in [2.24, 2.45) is 0 Å². The van der Waals surface area contributed by atoms with Crippen LogP contribution in [0, 0.1) is 0 Å². The van der Waals surface area contributed by atoms with Gasteiger partial charge in [-0.3, -0.25) is 0 Å². The Morgan fingerprint density at radius 2 is 1.61 bits per heavy atom. The third-order valence-electron chi connectivity index (χ3n) is 3.49. The molecule has 0 aliphatic carbocycles. The summed E-state index contributed by atoms with van der Waals surface area (Å²) in [5, 5.41) is 8.08. The monoisotopic (exact) mass is 307 g/mol. The van der Waals surface area contributed by atoms with Crippen LogP contribution in [0.4, 0.5) is 0 Å². The Kier molecular flexibility index (Phi) is 4.47. The van der Waals surface area contributed by atoms with E-state index in [0.29, 0.717) is 6.61 Å². The second-order valence-corrected chi connectivity index (χ2v) is 5.03. The summed E-state index contributed by atoms with van der Waals surface area (Å²) in [6, 6.07) is 19.8. The summed E-state index contributed by atoms with van der Waals surface area (Å²) in [5.41, 5.74) is 2.35. The first-order chi connectivity index (χ1) is 11.3. The highest BCUT2D eigenvalue weighted by Crippen LogP contribution is 2.25. The summed E-state index contributed by atoms with van der Waals surface area (Å²) in [4.78, 5) is 11.8. The predicted molar refractivity (Wildman–Crippen MR) is 86.1 cm³/mol. The third kappa shape index (κ3) is 3.29. The van der Waals surface area contributed by atoms with Crippen molar-refractivity contribution in [1.82, 2.24) is 15.0 Å². The number of benzene rings is 2. The Balaban J connectivity index is 2.01. The number of hydrogen-bond donors (Lipinski definition) is 0. The van der Waals surface area contributed by atoms with Crippen LogP contribution in [-0.2, 0) is 4.74 Å². The molecule has 0 unspecified atom stereocenters. The van der Waals surface area contributed by atoms with Crippen LogP contribution in [-0.4, -0.2) is 27.6 Å². The molecule has 5 nitrogen and oxygen atoms in total. The summed E-state index contributed by atoms with van der Waals surface area (Å²) < 4.78 is 6.67. The lowest BCUT2D eigenvalue weighted by atomic mass is 9.99. The minimum Gasteiger partial charge on any atom is -0.461 e. The number of carbonyl (C=O) groups is 1. The van der Waals surface area contributed by atoms with Gasteiger partial charge in [0.15, 0.2) is 5.69 Å². The summed E-state index contributed by atoms with van der Waals surface area (Å²) in [6.07, 6.45) is 1.63. The molecule has 116 valence electrons. The molecule has 3 aromatic rings. The van der Waals surface area contributed by atoms with E-state index >= 15 is 0 Å². The predicted octanol–water partition coefficient (Wildman–Crippen LogP) is 3.09. The molecular weight excluding hydrogens is 290 g/mol. The van der Waals surface area contributed by atoms with Crippen LogP contribution in [0.1, 0.15) is 34.6 Å². The third-order valence-corrected chi connectivity index (χ3v) is 3.49. The molecule has 0 amide bonds. The molecule has 0 saturated heterocycles. The molecule has 1 aromatic heterocycles. The average Bonchev–Trinajstić information content (AvgIpc) is 3.07. The van der Waals surface area contributed by atoms with E-state index in [9.17, 15) is 4.79 Å². The van der Waals surface area contributed by atoms with Gasteiger partial charge in [-0.1, -0.05) is 65.9 Å². The molecule has 3 rings (SSSR count). The minimum absolute atomic E-state index is 0.145. The quantitative estimate of drug-likeness (QED) is 0.680. The summed E-state index contributed by atoms with van der Waals surface area (Å²) >= 11 is 0. The van der Waals surface area contributed by atoms with E-state index in [0.717, 1.165) is 11.1 Å². The SMILES string of the molecule is CCOC(=O)c1cn(C(c2ccccc2)c2ccccc2)nn1. The average molecular weight is 307 g/mol. The molecule has 0 fully saturated rings. The van der Waals surface area contributed by atoms with Crippen LogP contribution in [0.25, 0.3) is 0 Å². The Bertz CT molecular complexity index is 730. The largest absolute Gasteiger partial charge is 0.461 e. The van der Waals surface area contributed by atoms with Crippen molar-refractivity contribution in [3.63, 3.8) is 0 Å². The summed E-state index contributed by atoms with van der Waals surface area (Å²) in [6.45, 7) is 2.07. The normalized spacial score (nSPS) is 10.7.